The van der Waals surface area contributed by atoms with Crippen molar-refractivity contribution < 1.29 is 9.47 Å². The van der Waals surface area contributed by atoms with Crippen molar-refractivity contribution in [3.8, 4) is 11.5 Å². The first-order valence-electron chi connectivity index (χ1n) is 13.2. The first kappa shape index (κ1) is 22.9. The first-order chi connectivity index (χ1) is 18.5. The zero-order chi connectivity index (χ0) is 25.9. The molecule has 4 heteroatoms. The van der Waals surface area contributed by atoms with E-state index in [0.29, 0.717) is 13.2 Å². The molecule has 7 rings (SSSR count). The van der Waals surface area contributed by atoms with Crippen molar-refractivity contribution in [2.24, 2.45) is 4.99 Å². The molecule has 5 aromatic rings. The van der Waals surface area contributed by atoms with E-state index in [0.717, 1.165) is 28.3 Å². The second-order valence-electron chi connectivity index (χ2n) is 10.8. The lowest BCUT2D eigenvalue weighted by Gasteiger charge is -2.46. The highest BCUT2D eigenvalue weighted by Crippen LogP contribution is 2.56. The van der Waals surface area contributed by atoms with Crippen molar-refractivity contribution in [2.45, 2.75) is 31.9 Å². The second kappa shape index (κ2) is 8.35. The summed E-state index contributed by atoms with van der Waals surface area (Å²) in [4.78, 5) is 7.50. The van der Waals surface area contributed by atoms with Crippen LogP contribution >= 0.6 is 0 Å². The predicted molar refractivity (Wildman–Crippen MR) is 156 cm³/mol. The summed E-state index contributed by atoms with van der Waals surface area (Å²) in [5.41, 5.74) is 3.33. The van der Waals surface area contributed by atoms with Crippen LogP contribution in [0.4, 0.5) is 11.4 Å². The van der Waals surface area contributed by atoms with Gasteiger partial charge in [-0.3, -0.25) is 4.99 Å². The van der Waals surface area contributed by atoms with Crippen LogP contribution in [0.5, 0.6) is 11.5 Å². The van der Waals surface area contributed by atoms with Gasteiger partial charge in [0.1, 0.15) is 23.8 Å². The topological polar surface area (TPSA) is 34.1 Å². The molecule has 0 amide bonds. The van der Waals surface area contributed by atoms with Crippen molar-refractivity contribution in [3.05, 3.63) is 108 Å². The average Bonchev–Trinajstić information content (AvgIpc) is 3.12. The number of aliphatic imine (C=N–C) groups is 1. The maximum atomic E-state index is 7.15. The number of para-hydroxylation sites is 1. The van der Waals surface area contributed by atoms with Gasteiger partial charge in [-0.25, -0.2) is 0 Å². The summed E-state index contributed by atoms with van der Waals surface area (Å²) in [6, 6.07) is 33.6. The third kappa shape index (κ3) is 3.19. The van der Waals surface area contributed by atoms with Gasteiger partial charge in [0.25, 0.3) is 0 Å². The van der Waals surface area contributed by atoms with Crippen LogP contribution in [0.15, 0.2) is 102 Å². The summed E-state index contributed by atoms with van der Waals surface area (Å²) in [5, 5.41) is 4.80. The molecule has 0 bridgehead atoms. The van der Waals surface area contributed by atoms with E-state index in [1.165, 1.54) is 27.3 Å². The predicted octanol–water partition coefficient (Wildman–Crippen LogP) is 7.97. The molecule has 0 fully saturated rings. The molecule has 38 heavy (non-hydrogen) atoms. The highest BCUT2D eigenvalue weighted by molar-refractivity contribution is 6.03. The van der Waals surface area contributed by atoms with Crippen molar-refractivity contribution >= 4 is 39.1 Å². The van der Waals surface area contributed by atoms with E-state index in [1.807, 2.05) is 36.5 Å². The Morgan fingerprint density at radius 1 is 0.816 bits per heavy atom. The lowest BCUT2D eigenvalue weighted by Crippen LogP contribution is -2.63. The minimum Gasteiger partial charge on any atom is -0.492 e. The van der Waals surface area contributed by atoms with E-state index >= 15 is 0 Å². The molecule has 5 aromatic carbocycles. The van der Waals surface area contributed by atoms with Gasteiger partial charge in [0.2, 0.25) is 5.72 Å². The van der Waals surface area contributed by atoms with E-state index in [-0.39, 0.29) is 0 Å². The Bertz CT molecular complexity index is 1720. The maximum Gasteiger partial charge on any atom is 0.229 e. The van der Waals surface area contributed by atoms with Crippen LogP contribution in [-0.2, 0) is 5.41 Å². The Labute approximate surface area is 223 Å². The molecule has 1 atom stereocenters. The quantitative estimate of drug-likeness (QED) is 0.252. The number of hydrogen-bond donors (Lipinski definition) is 0. The average molecular weight is 499 g/mol. The highest BCUT2D eigenvalue weighted by Gasteiger charge is 2.60. The molecule has 0 N–H and O–H groups in total. The van der Waals surface area contributed by atoms with E-state index in [4.69, 9.17) is 14.5 Å². The molecule has 0 aromatic heterocycles. The molecule has 2 heterocycles. The number of benzene rings is 5. The Morgan fingerprint density at radius 2 is 1.53 bits per heavy atom. The second-order valence-corrected chi connectivity index (χ2v) is 10.8. The lowest BCUT2D eigenvalue weighted by molar-refractivity contribution is 0.0754. The first-order valence-corrected chi connectivity index (χ1v) is 13.2. The van der Waals surface area contributed by atoms with E-state index in [9.17, 15) is 0 Å². The molecule has 188 valence electrons. The van der Waals surface area contributed by atoms with Gasteiger partial charge in [-0.2, -0.15) is 0 Å². The monoisotopic (exact) mass is 498 g/mol. The van der Waals surface area contributed by atoms with Crippen molar-refractivity contribution in [3.63, 3.8) is 0 Å². The highest BCUT2D eigenvalue weighted by atomic mass is 16.5. The van der Waals surface area contributed by atoms with E-state index in [1.54, 1.807) is 0 Å². The van der Waals surface area contributed by atoms with Crippen LogP contribution < -0.4 is 14.4 Å². The molecule has 4 nitrogen and oxygen atoms in total. The number of anilines is 1. The Morgan fingerprint density at radius 3 is 2.34 bits per heavy atom. The molecular formula is C34H30N2O2. The minimum absolute atomic E-state index is 0.392. The normalized spacial score (nSPS) is 19.0. The SMILES string of the molecule is Cc1cc2c(c3ccccc13)N=CC1(O2)N(CCOc2ccccc2)c2ccc3ccccc3c2C1(C)C. The van der Waals surface area contributed by atoms with E-state index < -0.39 is 11.1 Å². The Balaban J connectivity index is 1.38. The summed E-state index contributed by atoms with van der Waals surface area (Å²) >= 11 is 0. The number of hydrogen-bond acceptors (Lipinski definition) is 4. The van der Waals surface area contributed by atoms with Crippen LogP contribution in [0.1, 0.15) is 25.0 Å². The van der Waals surface area contributed by atoms with Gasteiger partial charge in [0.05, 0.1) is 18.2 Å². The summed E-state index contributed by atoms with van der Waals surface area (Å²) in [6.45, 7) is 7.87. The van der Waals surface area contributed by atoms with Gasteiger partial charge in [-0.05, 0) is 72.3 Å². The molecule has 0 radical (unpaired) electrons. The largest absolute Gasteiger partial charge is 0.492 e. The Kier molecular flexibility index (Phi) is 5.02. The van der Waals surface area contributed by atoms with Crippen LogP contribution in [0.3, 0.4) is 0 Å². The number of ether oxygens (including phenoxy) is 2. The van der Waals surface area contributed by atoms with Crippen molar-refractivity contribution in [2.75, 3.05) is 18.1 Å². The molecule has 2 aliphatic rings. The molecule has 2 aliphatic heterocycles. The van der Waals surface area contributed by atoms with Crippen LogP contribution in [0, 0.1) is 6.92 Å². The van der Waals surface area contributed by atoms with Gasteiger partial charge in [0, 0.05) is 11.1 Å². The molecule has 0 aliphatic carbocycles. The summed E-state index contributed by atoms with van der Waals surface area (Å²) in [7, 11) is 0. The molecular weight excluding hydrogens is 468 g/mol. The standard InChI is InChI=1S/C34H30N2O2/c1-23-21-30-32(28-16-10-9-14-26(23)28)35-22-34(38-30)33(2,3)31-27-15-8-7-11-24(27)17-18-29(31)36(34)19-20-37-25-12-5-4-6-13-25/h4-18,21-22H,19-20H2,1-3H3. The minimum atomic E-state index is -0.804. The Hall–Kier alpha value is -4.31. The smallest absolute Gasteiger partial charge is 0.229 e. The number of fused-ring (bicyclic) bond motifs is 6. The van der Waals surface area contributed by atoms with Crippen LogP contribution in [0.2, 0.25) is 0 Å². The van der Waals surface area contributed by atoms with Crippen molar-refractivity contribution in [1.29, 1.82) is 0 Å². The van der Waals surface area contributed by atoms with Gasteiger partial charge >= 0.3 is 0 Å². The fraction of sp³-hybridized carbons (Fsp3) is 0.206. The summed E-state index contributed by atoms with van der Waals surface area (Å²) < 4.78 is 13.3. The summed E-state index contributed by atoms with van der Waals surface area (Å²) in [6.07, 6.45) is 2.04. The van der Waals surface area contributed by atoms with Gasteiger partial charge < -0.3 is 14.4 Å². The number of nitrogens with zero attached hydrogens (tertiary/aromatic N) is 2. The number of rotatable bonds is 4. The molecule has 0 saturated heterocycles. The van der Waals surface area contributed by atoms with E-state index in [2.05, 4.69) is 92.4 Å². The third-order valence-corrected chi connectivity index (χ3v) is 8.27. The fourth-order valence-corrected chi connectivity index (χ4v) is 6.38. The van der Waals surface area contributed by atoms with Gasteiger partial charge in [0.15, 0.2) is 0 Å². The summed E-state index contributed by atoms with van der Waals surface area (Å²) in [5.74, 6) is 1.69. The lowest BCUT2D eigenvalue weighted by atomic mass is 9.75. The van der Waals surface area contributed by atoms with Crippen molar-refractivity contribution in [1.82, 2.24) is 0 Å². The van der Waals surface area contributed by atoms with Crippen LogP contribution in [0.25, 0.3) is 21.5 Å². The number of aryl methyl sites for hydroxylation is 1. The third-order valence-electron chi connectivity index (χ3n) is 8.27. The fourth-order valence-electron chi connectivity index (χ4n) is 6.38. The molecule has 1 spiro atoms. The zero-order valence-corrected chi connectivity index (χ0v) is 21.9. The molecule has 0 saturated carbocycles. The zero-order valence-electron chi connectivity index (χ0n) is 21.9. The van der Waals surface area contributed by atoms with Crippen LogP contribution in [-0.4, -0.2) is 25.1 Å². The maximum absolute atomic E-state index is 7.15. The molecule has 1 unspecified atom stereocenters. The van der Waals surface area contributed by atoms with Gasteiger partial charge in [-0.15, -0.1) is 0 Å². The van der Waals surface area contributed by atoms with Gasteiger partial charge in [-0.1, -0.05) is 72.8 Å².